The number of nitrogens with two attached hydrogens (primary N) is 1. The minimum absolute atomic E-state index is 0. The summed E-state index contributed by atoms with van der Waals surface area (Å²) < 4.78 is 13.2. The summed E-state index contributed by atoms with van der Waals surface area (Å²) in [5.74, 6) is -0.452. The van der Waals surface area contributed by atoms with Crippen molar-refractivity contribution in [3.63, 3.8) is 0 Å². The second-order valence-electron chi connectivity index (χ2n) is 3.14. The minimum Gasteiger partial charge on any atom is -0.507 e. The minimum atomic E-state index is -0.433. The van der Waals surface area contributed by atoms with E-state index in [1.165, 1.54) is 12.1 Å². The molecule has 0 heterocycles. The van der Waals surface area contributed by atoms with Gasteiger partial charge in [-0.3, -0.25) is 0 Å². The first-order valence-corrected chi connectivity index (χ1v) is 4.31. The van der Waals surface area contributed by atoms with E-state index >= 15 is 0 Å². The zero-order valence-corrected chi connectivity index (χ0v) is 9.07. The van der Waals surface area contributed by atoms with Crippen molar-refractivity contribution in [3.8, 4) is 5.75 Å². The number of benzene rings is 1. The van der Waals surface area contributed by atoms with Gasteiger partial charge in [0.15, 0.2) is 0 Å². The molecule has 0 radical (unpaired) electrons. The molecule has 1 rings (SSSR count). The third-order valence-corrected chi connectivity index (χ3v) is 2.18. The summed E-state index contributed by atoms with van der Waals surface area (Å²) in [7, 11) is 0. The lowest BCUT2D eigenvalue weighted by atomic mass is 10.0. The topological polar surface area (TPSA) is 46.2 Å². The highest BCUT2D eigenvalue weighted by Gasteiger charge is 2.15. The van der Waals surface area contributed by atoms with Crippen LogP contribution in [0.3, 0.4) is 0 Å². The molecule has 2 nitrogen and oxygen atoms in total. The Balaban J connectivity index is 0.00000169. The summed E-state index contributed by atoms with van der Waals surface area (Å²) in [6.07, 6.45) is 0.605. The lowest BCUT2D eigenvalue weighted by molar-refractivity contribution is 0.443. The van der Waals surface area contributed by atoms with Crippen LogP contribution >= 0.6 is 12.4 Å². The molecule has 0 saturated heterocycles. The Bertz CT molecular complexity index is 317. The van der Waals surface area contributed by atoms with Gasteiger partial charge in [0.2, 0.25) is 0 Å². The Kier molecular flexibility index (Phi) is 4.88. The van der Waals surface area contributed by atoms with E-state index in [9.17, 15) is 9.50 Å². The molecule has 0 fully saturated rings. The van der Waals surface area contributed by atoms with E-state index in [4.69, 9.17) is 5.73 Å². The van der Waals surface area contributed by atoms with Crippen LogP contribution < -0.4 is 5.73 Å². The molecule has 0 spiro atoms. The van der Waals surface area contributed by atoms with Gasteiger partial charge in [0.05, 0.1) is 0 Å². The van der Waals surface area contributed by atoms with Crippen LogP contribution in [-0.4, -0.2) is 5.11 Å². The van der Waals surface area contributed by atoms with E-state index in [1.54, 1.807) is 6.92 Å². The van der Waals surface area contributed by atoms with E-state index in [0.717, 1.165) is 0 Å². The molecule has 0 bridgehead atoms. The standard InChI is InChI=1S/C10H14FNO.ClH/c1-3-8(12)9-7(11)5-4-6(2)10(9)13;/h4-5,8,13H,3,12H2,1-2H3;1H/t8-;/m0./s1. The lowest BCUT2D eigenvalue weighted by Gasteiger charge is -2.13. The molecule has 0 saturated carbocycles. The highest BCUT2D eigenvalue weighted by molar-refractivity contribution is 5.85. The van der Waals surface area contributed by atoms with Gasteiger partial charge in [-0.1, -0.05) is 13.0 Å². The van der Waals surface area contributed by atoms with Crippen LogP contribution in [0, 0.1) is 12.7 Å². The van der Waals surface area contributed by atoms with Gasteiger partial charge in [-0.2, -0.15) is 0 Å². The molecule has 1 aromatic carbocycles. The molecule has 0 aliphatic heterocycles. The first-order valence-electron chi connectivity index (χ1n) is 4.31. The van der Waals surface area contributed by atoms with E-state index in [0.29, 0.717) is 12.0 Å². The fourth-order valence-corrected chi connectivity index (χ4v) is 1.25. The third-order valence-electron chi connectivity index (χ3n) is 2.18. The molecule has 80 valence electrons. The number of hydrogen-bond acceptors (Lipinski definition) is 2. The quantitative estimate of drug-likeness (QED) is 0.804. The predicted octanol–water partition coefficient (Wildman–Crippen LogP) is 2.67. The highest BCUT2D eigenvalue weighted by atomic mass is 35.5. The first kappa shape index (κ1) is 13.2. The molecule has 0 aliphatic rings. The van der Waals surface area contributed by atoms with Gasteiger partial charge < -0.3 is 10.8 Å². The van der Waals surface area contributed by atoms with E-state index in [2.05, 4.69) is 0 Å². The molecular weight excluding hydrogens is 205 g/mol. The number of halogens is 2. The Labute approximate surface area is 89.3 Å². The molecular formula is C10H15ClFNO. The van der Waals surface area contributed by atoms with Crippen molar-refractivity contribution in [3.05, 3.63) is 29.1 Å². The van der Waals surface area contributed by atoms with Crippen molar-refractivity contribution in [2.24, 2.45) is 5.73 Å². The average Bonchev–Trinajstić information content (AvgIpc) is 2.12. The summed E-state index contributed by atoms with van der Waals surface area (Å²) in [5.41, 5.74) is 6.54. The molecule has 0 amide bonds. The summed E-state index contributed by atoms with van der Waals surface area (Å²) in [5, 5.41) is 9.56. The van der Waals surface area contributed by atoms with Gasteiger partial charge in [0.1, 0.15) is 11.6 Å². The Hall–Kier alpha value is -0.800. The van der Waals surface area contributed by atoms with Gasteiger partial charge in [0.25, 0.3) is 0 Å². The molecule has 1 aromatic rings. The van der Waals surface area contributed by atoms with Crippen LogP contribution in [0.4, 0.5) is 4.39 Å². The van der Waals surface area contributed by atoms with E-state index < -0.39 is 11.9 Å². The maximum Gasteiger partial charge on any atom is 0.131 e. The molecule has 0 unspecified atom stereocenters. The second kappa shape index (κ2) is 5.17. The van der Waals surface area contributed by atoms with Gasteiger partial charge in [0, 0.05) is 11.6 Å². The maximum absolute atomic E-state index is 13.2. The number of phenolic OH excluding ortho intramolecular Hbond substituents is 1. The second-order valence-corrected chi connectivity index (χ2v) is 3.14. The maximum atomic E-state index is 13.2. The molecule has 0 aromatic heterocycles. The van der Waals surface area contributed by atoms with E-state index in [1.807, 2.05) is 6.92 Å². The number of rotatable bonds is 2. The van der Waals surface area contributed by atoms with Gasteiger partial charge in [-0.05, 0) is 25.0 Å². The fourth-order valence-electron chi connectivity index (χ4n) is 1.25. The summed E-state index contributed by atoms with van der Waals surface area (Å²) in [6.45, 7) is 3.58. The van der Waals surface area contributed by atoms with E-state index in [-0.39, 0.29) is 23.7 Å². The molecule has 14 heavy (non-hydrogen) atoms. The Morgan fingerprint density at radius 3 is 2.57 bits per heavy atom. The molecule has 1 atom stereocenters. The molecule has 3 N–H and O–H groups in total. The van der Waals surface area contributed by atoms with Gasteiger partial charge >= 0.3 is 0 Å². The van der Waals surface area contributed by atoms with Gasteiger partial charge in [-0.15, -0.1) is 12.4 Å². The van der Waals surface area contributed by atoms with Crippen LogP contribution in [-0.2, 0) is 0 Å². The first-order chi connectivity index (χ1) is 6.07. The largest absolute Gasteiger partial charge is 0.507 e. The van der Waals surface area contributed by atoms with Crippen LogP contribution in [0.5, 0.6) is 5.75 Å². The number of aryl methyl sites for hydroxylation is 1. The number of hydrogen-bond donors (Lipinski definition) is 2. The molecule has 4 heteroatoms. The summed E-state index contributed by atoms with van der Waals surface area (Å²) >= 11 is 0. The zero-order valence-electron chi connectivity index (χ0n) is 8.25. The summed E-state index contributed by atoms with van der Waals surface area (Å²) in [6, 6.07) is 2.44. The lowest BCUT2D eigenvalue weighted by Crippen LogP contribution is -2.11. The number of phenols is 1. The smallest absolute Gasteiger partial charge is 0.131 e. The monoisotopic (exact) mass is 219 g/mol. The van der Waals surface area contributed by atoms with Crippen LogP contribution in [0.25, 0.3) is 0 Å². The Morgan fingerprint density at radius 1 is 1.50 bits per heavy atom. The van der Waals surface area contributed by atoms with Crippen molar-refractivity contribution in [2.45, 2.75) is 26.3 Å². The Morgan fingerprint density at radius 2 is 2.07 bits per heavy atom. The average molecular weight is 220 g/mol. The third kappa shape index (κ3) is 2.36. The number of aromatic hydroxyl groups is 1. The van der Waals surface area contributed by atoms with Crippen molar-refractivity contribution in [1.82, 2.24) is 0 Å². The van der Waals surface area contributed by atoms with Crippen molar-refractivity contribution >= 4 is 12.4 Å². The van der Waals surface area contributed by atoms with Crippen LogP contribution in [0.2, 0.25) is 0 Å². The zero-order chi connectivity index (χ0) is 10.0. The van der Waals surface area contributed by atoms with Crippen molar-refractivity contribution in [2.75, 3.05) is 0 Å². The van der Waals surface area contributed by atoms with Crippen molar-refractivity contribution in [1.29, 1.82) is 0 Å². The normalized spacial score (nSPS) is 12.0. The van der Waals surface area contributed by atoms with Crippen molar-refractivity contribution < 1.29 is 9.50 Å². The van der Waals surface area contributed by atoms with Crippen LogP contribution in [0.1, 0.15) is 30.5 Å². The summed E-state index contributed by atoms with van der Waals surface area (Å²) in [4.78, 5) is 0. The molecule has 0 aliphatic carbocycles. The SMILES string of the molecule is CC[C@H](N)c1c(F)ccc(C)c1O.Cl. The fraction of sp³-hybridized carbons (Fsp3) is 0.400. The highest BCUT2D eigenvalue weighted by Crippen LogP contribution is 2.30. The predicted molar refractivity (Wildman–Crippen MR) is 57.3 cm³/mol. The van der Waals surface area contributed by atoms with Gasteiger partial charge in [-0.25, -0.2) is 4.39 Å². The van der Waals surface area contributed by atoms with Crippen LogP contribution in [0.15, 0.2) is 12.1 Å².